The Balaban J connectivity index is 1.59. The van der Waals surface area contributed by atoms with Gasteiger partial charge in [-0.05, 0) is 41.6 Å². The van der Waals surface area contributed by atoms with E-state index in [1.807, 2.05) is 42.7 Å². The minimum atomic E-state index is -0.0854. The van der Waals surface area contributed by atoms with Crippen LogP contribution in [0.25, 0.3) is 0 Å². The van der Waals surface area contributed by atoms with Gasteiger partial charge in [-0.25, -0.2) is 4.79 Å². The maximum absolute atomic E-state index is 12.5. The van der Waals surface area contributed by atoms with E-state index >= 15 is 0 Å². The van der Waals surface area contributed by atoms with Gasteiger partial charge in [0.05, 0.1) is 4.58 Å². The van der Waals surface area contributed by atoms with E-state index in [1.54, 1.807) is 16.7 Å². The highest BCUT2D eigenvalue weighted by Crippen LogP contribution is 2.45. The zero-order valence-corrected chi connectivity index (χ0v) is 16.8. The van der Waals surface area contributed by atoms with Crippen LogP contribution < -0.4 is 5.32 Å². The molecular formula is C19H22N2OS3. The minimum Gasteiger partial charge on any atom is -0.323 e. The summed E-state index contributed by atoms with van der Waals surface area (Å²) >= 11 is 5.66. The molecule has 1 fully saturated rings. The number of carbonyl (C=O) groups excluding carboxylic acids is 1. The van der Waals surface area contributed by atoms with E-state index in [2.05, 4.69) is 48.0 Å². The summed E-state index contributed by atoms with van der Waals surface area (Å²) < 4.78 is 0.490. The standard InChI is InChI=1S/C19H22N2OS3/c1-21(13-14-6-8-17(23-2)9-7-14)19(22)20-16-5-3-4-15(12-16)18-24-10-11-25-18/h3-9,12,18H,10-11,13H2,1-2H3,(H,20,22). The first-order chi connectivity index (χ1) is 12.2. The van der Waals surface area contributed by atoms with E-state index < -0.39 is 0 Å². The number of nitrogens with zero attached hydrogens (tertiary/aromatic N) is 1. The van der Waals surface area contributed by atoms with Crippen LogP contribution in [-0.2, 0) is 6.54 Å². The minimum absolute atomic E-state index is 0.0854. The summed E-state index contributed by atoms with van der Waals surface area (Å²) in [6, 6.07) is 16.4. The molecule has 132 valence electrons. The Morgan fingerprint density at radius 3 is 2.60 bits per heavy atom. The summed E-state index contributed by atoms with van der Waals surface area (Å²) in [5, 5.41) is 3.01. The number of carbonyl (C=O) groups is 1. The summed E-state index contributed by atoms with van der Waals surface area (Å²) in [7, 11) is 1.82. The van der Waals surface area contributed by atoms with E-state index in [4.69, 9.17) is 0 Å². The van der Waals surface area contributed by atoms with E-state index in [0.29, 0.717) is 11.1 Å². The maximum Gasteiger partial charge on any atom is 0.321 e. The Labute approximate surface area is 162 Å². The summed E-state index contributed by atoms with van der Waals surface area (Å²) in [4.78, 5) is 15.4. The fraction of sp³-hybridized carbons (Fsp3) is 0.316. The molecule has 25 heavy (non-hydrogen) atoms. The third-order valence-electron chi connectivity index (χ3n) is 3.96. The molecule has 0 radical (unpaired) electrons. The van der Waals surface area contributed by atoms with Crippen molar-refractivity contribution in [3.05, 3.63) is 59.7 Å². The molecule has 6 heteroatoms. The molecule has 2 aromatic rings. The number of nitrogens with one attached hydrogen (secondary N) is 1. The monoisotopic (exact) mass is 390 g/mol. The molecule has 0 spiro atoms. The van der Waals surface area contributed by atoms with Gasteiger partial charge in [0.2, 0.25) is 0 Å². The van der Waals surface area contributed by atoms with Crippen LogP contribution in [-0.4, -0.2) is 35.7 Å². The Kier molecular flexibility index (Phi) is 6.62. The lowest BCUT2D eigenvalue weighted by molar-refractivity contribution is 0.220. The van der Waals surface area contributed by atoms with Crippen molar-refractivity contribution in [1.29, 1.82) is 0 Å². The second-order valence-corrected chi connectivity index (χ2v) is 9.44. The molecule has 0 atom stereocenters. The Morgan fingerprint density at radius 2 is 1.92 bits per heavy atom. The lowest BCUT2D eigenvalue weighted by Gasteiger charge is -2.19. The van der Waals surface area contributed by atoms with Crippen molar-refractivity contribution >= 4 is 47.0 Å². The van der Waals surface area contributed by atoms with Gasteiger partial charge in [0, 0.05) is 35.7 Å². The van der Waals surface area contributed by atoms with Gasteiger partial charge in [-0.3, -0.25) is 0 Å². The summed E-state index contributed by atoms with van der Waals surface area (Å²) in [6.45, 7) is 0.592. The van der Waals surface area contributed by atoms with Crippen molar-refractivity contribution in [2.75, 3.05) is 30.1 Å². The molecule has 2 aromatic carbocycles. The summed E-state index contributed by atoms with van der Waals surface area (Å²) in [6.07, 6.45) is 2.06. The van der Waals surface area contributed by atoms with Crippen LogP contribution in [0.4, 0.5) is 10.5 Å². The Bertz CT molecular complexity index is 715. The van der Waals surface area contributed by atoms with Gasteiger partial charge < -0.3 is 10.2 Å². The summed E-state index contributed by atoms with van der Waals surface area (Å²) in [5.41, 5.74) is 3.27. The lowest BCUT2D eigenvalue weighted by atomic mass is 10.2. The number of urea groups is 1. The topological polar surface area (TPSA) is 32.3 Å². The largest absolute Gasteiger partial charge is 0.323 e. The van der Waals surface area contributed by atoms with Gasteiger partial charge in [0.1, 0.15) is 0 Å². The number of anilines is 1. The van der Waals surface area contributed by atoms with Gasteiger partial charge in [-0.15, -0.1) is 35.3 Å². The second kappa shape index (κ2) is 8.92. The van der Waals surface area contributed by atoms with Crippen molar-refractivity contribution in [2.24, 2.45) is 0 Å². The Hall–Kier alpha value is -1.24. The highest BCUT2D eigenvalue weighted by atomic mass is 32.2. The number of hydrogen-bond acceptors (Lipinski definition) is 4. The third-order valence-corrected chi connectivity index (χ3v) is 7.81. The Morgan fingerprint density at radius 1 is 1.20 bits per heavy atom. The molecule has 0 saturated carbocycles. The average molecular weight is 391 g/mol. The first kappa shape index (κ1) is 18.5. The number of rotatable bonds is 5. The maximum atomic E-state index is 12.5. The predicted octanol–water partition coefficient (Wildman–Crippen LogP) is 5.55. The molecule has 3 nitrogen and oxygen atoms in total. The highest BCUT2D eigenvalue weighted by Gasteiger charge is 2.18. The molecule has 3 rings (SSSR count). The number of benzene rings is 2. The van der Waals surface area contributed by atoms with Crippen LogP contribution in [0.2, 0.25) is 0 Å². The normalized spacial score (nSPS) is 14.5. The van der Waals surface area contributed by atoms with Gasteiger partial charge in [0.25, 0.3) is 0 Å². The molecule has 0 aliphatic carbocycles. The molecule has 1 heterocycles. The van der Waals surface area contributed by atoms with Crippen molar-refractivity contribution in [2.45, 2.75) is 16.0 Å². The smallest absolute Gasteiger partial charge is 0.321 e. The van der Waals surface area contributed by atoms with Crippen molar-refractivity contribution in [3.8, 4) is 0 Å². The first-order valence-corrected chi connectivity index (χ1v) is 11.5. The average Bonchev–Trinajstić information content (AvgIpc) is 3.17. The van der Waals surface area contributed by atoms with E-state index in [9.17, 15) is 4.79 Å². The van der Waals surface area contributed by atoms with Crippen LogP contribution >= 0.6 is 35.3 Å². The van der Waals surface area contributed by atoms with E-state index in [0.717, 1.165) is 11.3 Å². The van der Waals surface area contributed by atoms with E-state index in [-0.39, 0.29) is 6.03 Å². The quantitative estimate of drug-likeness (QED) is 0.678. The molecule has 1 aliphatic rings. The first-order valence-electron chi connectivity index (χ1n) is 8.14. The van der Waals surface area contributed by atoms with Crippen LogP contribution in [0, 0.1) is 0 Å². The molecule has 0 unspecified atom stereocenters. The molecule has 0 bridgehead atoms. The second-order valence-electron chi connectivity index (χ2n) is 5.83. The molecule has 1 N–H and O–H groups in total. The lowest BCUT2D eigenvalue weighted by Crippen LogP contribution is -2.30. The van der Waals surface area contributed by atoms with Crippen LogP contribution in [0.5, 0.6) is 0 Å². The predicted molar refractivity (Wildman–Crippen MR) is 113 cm³/mol. The van der Waals surface area contributed by atoms with Crippen molar-refractivity contribution in [1.82, 2.24) is 4.90 Å². The third kappa shape index (κ3) is 5.12. The zero-order chi connectivity index (χ0) is 17.6. The van der Waals surface area contributed by atoms with Gasteiger partial charge in [0.15, 0.2) is 0 Å². The molecule has 2 amide bonds. The fourth-order valence-corrected chi connectivity index (χ4v) is 5.86. The molecule has 1 saturated heterocycles. The summed E-state index contributed by atoms with van der Waals surface area (Å²) in [5.74, 6) is 2.40. The molecule has 0 aromatic heterocycles. The fourth-order valence-electron chi connectivity index (χ4n) is 2.61. The van der Waals surface area contributed by atoms with Crippen LogP contribution in [0.3, 0.4) is 0 Å². The van der Waals surface area contributed by atoms with Crippen LogP contribution in [0.1, 0.15) is 15.7 Å². The van der Waals surface area contributed by atoms with Gasteiger partial charge in [-0.1, -0.05) is 24.3 Å². The van der Waals surface area contributed by atoms with Crippen molar-refractivity contribution in [3.63, 3.8) is 0 Å². The number of hydrogen-bond donors (Lipinski definition) is 1. The molecule has 1 aliphatic heterocycles. The number of thioether (sulfide) groups is 3. The SMILES string of the molecule is CSc1ccc(CN(C)C(=O)Nc2cccc(C3SCCS3)c2)cc1. The zero-order valence-electron chi connectivity index (χ0n) is 14.4. The van der Waals surface area contributed by atoms with Crippen LogP contribution in [0.15, 0.2) is 53.4 Å². The van der Waals surface area contributed by atoms with E-state index in [1.165, 1.54) is 22.0 Å². The van der Waals surface area contributed by atoms with Gasteiger partial charge >= 0.3 is 6.03 Å². The molecular weight excluding hydrogens is 368 g/mol. The van der Waals surface area contributed by atoms with Gasteiger partial charge in [-0.2, -0.15) is 0 Å². The van der Waals surface area contributed by atoms with Crippen molar-refractivity contribution < 1.29 is 4.79 Å². The number of amides is 2. The highest BCUT2D eigenvalue weighted by molar-refractivity contribution is 8.19.